The number of hydrogen-bond acceptors (Lipinski definition) is 3. The quantitative estimate of drug-likeness (QED) is 0.818. The second-order valence-electron chi connectivity index (χ2n) is 7.18. The molecule has 26 heavy (non-hydrogen) atoms. The molecule has 0 saturated carbocycles. The third kappa shape index (κ3) is 4.38. The van der Waals surface area contributed by atoms with Crippen molar-refractivity contribution in [2.24, 2.45) is 5.92 Å². The minimum absolute atomic E-state index is 0.00874. The molecular weight excluding hydrogens is 324 g/mol. The van der Waals surface area contributed by atoms with E-state index in [1.807, 2.05) is 36.4 Å². The minimum Gasteiger partial charge on any atom is -0.324 e. The highest BCUT2D eigenvalue weighted by Crippen LogP contribution is 2.28. The summed E-state index contributed by atoms with van der Waals surface area (Å²) in [6.45, 7) is 5.61. The van der Waals surface area contributed by atoms with Gasteiger partial charge in [0, 0.05) is 17.8 Å². The van der Waals surface area contributed by atoms with Gasteiger partial charge in [-0.25, -0.2) is 0 Å². The Bertz CT molecular complexity index is 773. The van der Waals surface area contributed by atoms with Crippen LogP contribution >= 0.6 is 0 Å². The van der Waals surface area contributed by atoms with Gasteiger partial charge >= 0.3 is 0 Å². The van der Waals surface area contributed by atoms with Gasteiger partial charge in [-0.15, -0.1) is 0 Å². The molecule has 0 bridgehead atoms. The van der Waals surface area contributed by atoms with Crippen LogP contribution in [0.1, 0.15) is 48.7 Å². The Balaban J connectivity index is 1.85. The number of likely N-dealkylation sites (tertiary alicyclic amines) is 1. The first kappa shape index (κ1) is 18.3. The van der Waals surface area contributed by atoms with Crippen LogP contribution < -0.4 is 5.32 Å². The third-order valence-corrected chi connectivity index (χ3v) is 4.95. The maximum atomic E-state index is 13.2. The highest BCUT2D eigenvalue weighted by Gasteiger charge is 2.30. The molecule has 2 aromatic rings. The summed E-state index contributed by atoms with van der Waals surface area (Å²) in [6, 6.07) is 16.7. The molecular formula is C22H26N2O2. The molecule has 1 N–H and O–H groups in total. The van der Waals surface area contributed by atoms with Crippen molar-refractivity contribution in [3.63, 3.8) is 0 Å². The lowest BCUT2D eigenvalue weighted by atomic mass is 9.95. The lowest BCUT2D eigenvalue weighted by Gasteiger charge is -2.36. The van der Waals surface area contributed by atoms with Crippen LogP contribution in [0.4, 0.5) is 5.69 Å². The first-order valence-corrected chi connectivity index (χ1v) is 9.25. The van der Waals surface area contributed by atoms with Gasteiger partial charge in [0.1, 0.15) is 6.04 Å². The number of nitrogens with one attached hydrogen (secondary N) is 1. The normalized spacial score (nSPS) is 18.9. The van der Waals surface area contributed by atoms with Gasteiger partial charge < -0.3 is 5.32 Å². The SMILES string of the molecule is CC(=O)c1cccc(NC(=O)C(c2ccccc2)N2CCCC(C)C2)c1. The lowest BCUT2D eigenvalue weighted by molar-refractivity contribution is -0.122. The van der Waals surface area contributed by atoms with Gasteiger partial charge in [0.2, 0.25) is 5.91 Å². The molecule has 4 heteroatoms. The molecule has 0 aliphatic carbocycles. The number of ketones is 1. The van der Waals surface area contributed by atoms with Gasteiger partial charge in [-0.2, -0.15) is 0 Å². The van der Waals surface area contributed by atoms with E-state index in [0.717, 1.165) is 25.1 Å². The number of carbonyl (C=O) groups excluding carboxylic acids is 2. The molecule has 0 aromatic heterocycles. The van der Waals surface area contributed by atoms with Crippen molar-refractivity contribution < 1.29 is 9.59 Å². The van der Waals surface area contributed by atoms with E-state index < -0.39 is 0 Å². The van der Waals surface area contributed by atoms with E-state index in [1.165, 1.54) is 13.3 Å². The van der Waals surface area contributed by atoms with Crippen molar-refractivity contribution >= 4 is 17.4 Å². The van der Waals surface area contributed by atoms with Crippen LogP contribution in [0.15, 0.2) is 54.6 Å². The summed E-state index contributed by atoms with van der Waals surface area (Å²) in [5.74, 6) is 0.528. The van der Waals surface area contributed by atoms with Crippen molar-refractivity contribution in [3.05, 3.63) is 65.7 Å². The van der Waals surface area contributed by atoms with Gasteiger partial charge in [0.15, 0.2) is 5.78 Å². The average molecular weight is 350 g/mol. The van der Waals surface area contributed by atoms with Crippen LogP contribution in [0.2, 0.25) is 0 Å². The Morgan fingerprint density at radius 3 is 2.58 bits per heavy atom. The maximum absolute atomic E-state index is 13.2. The molecule has 136 valence electrons. The minimum atomic E-state index is -0.320. The number of hydrogen-bond donors (Lipinski definition) is 1. The maximum Gasteiger partial charge on any atom is 0.246 e. The fraction of sp³-hybridized carbons (Fsp3) is 0.364. The zero-order valence-electron chi connectivity index (χ0n) is 15.4. The molecule has 1 aliphatic rings. The zero-order valence-corrected chi connectivity index (χ0v) is 15.4. The summed E-state index contributed by atoms with van der Waals surface area (Å²) in [5.41, 5.74) is 2.26. The van der Waals surface area contributed by atoms with Crippen LogP contribution in [-0.4, -0.2) is 29.7 Å². The first-order valence-electron chi connectivity index (χ1n) is 9.25. The van der Waals surface area contributed by atoms with E-state index in [-0.39, 0.29) is 17.7 Å². The fourth-order valence-electron chi connectivity index (χ4n) is 3.65. The molecule has 1 amide bonds. The lowest BCUT2D eigenvalue weighted by Crippen LogP contribution is -2.42. The number of carbonyl (C=O) groups is 2. The van der Waals surface area contributed by atoms with Gasteiger partial charge in [0.05, 0.1) is 0 Å². The smallest absolute Gasteiger partial charge is 0.246 e. The molecule has 2 atom stereocenters. The number of benzene rings is 2. The van der Waals surface area contributed by atoms with Gasteiger partial charge in [-0.3, -0.25) is 14.5 Å². The van der Waals surface area contributed by atoms with Gasteiger partial charge in [-0.1, -0.05) is 49.4 Å². The highest BCUT2D eigenvalue weighted by molar-refractivity contribution is 5.98. The number of piperidine rings is 1. The topological polar surface area (TPSA) is 49.4 Å². The van der Waals surface area contributed by atoms with E-state index in [4.69, 9.17) is 0 Å². The molecule has 1 saturated heterocycles. The van der Waals surface area contributed by atoms with E-state index in [0.29, 0.717) is 17.2 Å². The summed E-state index contributed by atoms with van der Waals surface area (Å²) in [6.07, 6.45) is 2.32. The summed E-state index contributed by atoms with van der Waals surface area (Å²) in [7, 11) is 0. The molecule has 2 unspecified atom stereocenters. The van der Waals surface area contributed by atoms with E-state index in [9.17, 15) is 9.59 Å². The van der Waals surface area contributed by atoms with Crippen LogP contribution in [0.5, 0.6) is 0 Å². The molecule has 3 rings (SSSR count). The molecule has 0 radical (unpaired) electrons. The standard InChI is InChI=1S/C22H26N2O2/c1-16-8-7-13-24(15-16)21(18-9-4-3-5-10-18)22(26)23-20-12-6-11-19(14-20)17(2)25/h3-6,9-12,14,16,21H,7-8,13,15H2,1-2H3,(H,23,26). The van der Waals surface area contributed by atoms with E-state index >= 15 is 0 Å². The summed E-state index contributed by atoms with van der Waals surface area (Å²) in [5, 5.41) is 3.02. The molecule has 1 aliphatic heterocycles. The largest absolute Gasteiger partial charge is 0.324 e. The van der Waals surface area contributed by atoms with Gasteiger partial charge in [0.25, 0.3) is 0 Å². The third-order valence-electron chi connectivity index (χ3n) is 4.95. The summed E-state index contributed by atoms with van der Waals surface area (Å²) < 4.78 is 0. The molecule has 4 nitrogen and oxygen atoms in total. The Kier molecular flexibility index (Phi) is 5.84. The predicted octanol–water partition coefficient (Wildman–Crippen LogP) is 4.30. The molecule has 2 aromatic carbocycles. The first-order chi connectivity index (χ1) is 12.5. The Hall–Kier alpha value is -2.46. The molecule has 1 fully saturated rings. The Morgan fingerprint density at radius 2 is 1.88 bits per heavy atom. The van der Waals surface area contributed by atoms with Crippen LogP contribution in [0.25, 0.3) is 0 Å². The number of anilines is 1. The summed E-state index contributed by atoms with van der Waals surface area (Å²) in [4.78, 5) is 27.0. The predicted molar refractivity (Wildman–Crippen MR) is 104 cm³/mol. The fourth-order valence-corrected chi connectivity index (χ4v) is 3.65. The second kappa shape index (κ2) is 8.28. The molecule has 1 heterocycles. The number of amides is 1. The van der Waals surface area contributed by atoms with Gasteiger partial charge in [-0.05, 0) is 49.9 Å². The van der Waals surface area contributed by atoms with Crippen molar-refractivity contribution in [2.75, 3.05) is 18.4 Å². The number of rotatable bonds is 5. The molecule has 0 spiro atoms. The van der Waals surface area contributed by atoms with E-state index in [2.05, 4.69) is 17.1 Å². The number of nitrogens with zero attached hydrogens (tertiary/aromatic N) is 1. The summed E-state index contributed by atoms with van der Waals surface area (Å²) >= 11 is 0. The van der Waals surface area contributed by atoms with Crippen LogP contribution in [0.3, 0.4) is 0 Å². The van der Waals surface area contributed by atoms with Crippen LogP contribution in [-0.2, 0) is 4.79 Å². The Labute approximate surface area is 155 Å². The van der Waals surface area contributed by atoms with Crippen molar-refractivity contribution in [3.8, 4) is 0 Å². The van der Waals surface area contributed by atoms with Crippen molar-refractivity contribution in [2.45, 2.75) is 32.7 Å². The zero-order chi connectivity index (χ0) is 18.5. The van der Waals surface area contributed by atoms with E-state index in [1.54, 1.807) is 18.2 Å². The second-order valence-corrected chi connectivity index (χ2v) is 7.18. The number of Topliss-reactive ketones (excluding diaryl/α,β-unsaturated/α-hetero) is 1. The van der Waals surface area contributed by atoms with Crippen LogP contribution in [0, 0.1) is 5.92 Å². The average Bonchev–Trinajstić information content (AvgIpc) is 2.63. The monoisotopic (exact) mass is 350 g/mol. The van der Waals surface area contributed by atoms with Crippen molar-refractivity contribution in [1.82, 2.24) is 4.90 Å². The highest BCUT2D eigenvalue weighted by atomic mass is 16.2. The van der Waals surface area contributed by atoms with Crippen molar-refractivity contribution in [1.29, 1.82) is 0 Å². The Morgan fingerprint density at radius 1 is 1.12 bits per heavy atom.